The molecule has 1 saturated heterocycles. The molecule has 1 aliphatic carbocycles. The van der Waals surface area contributed by atoms with Crippen LogP contribution in [0.25, 0.3) is 17.0 Å². The molecule has 1 saturated carbocycles. The second kappa shape index (κ2) is 11.2. The SMILES string of the molecule is O=C(/C=C/c1ccc2c(c1)OCO2)NC[C@@H]1CCCC[C@H]1CN1CCC(c2noc3cc(F)ccc23)CC1. The molecule has 3 aliphatic rings. The summed E-state index contributed by atoms with van der Waals surface area (Å²) in [5.74, 6) is 2.53. The minimum atomic E-state index is -0.297. The number of aromatic nitrogens is 1. The first kappa shape index (κ1) is 24.9. The fourth-order valence-corrected chi connectivity index (χ4v) is 6.22. The Balaban J connectivity index is 0.991. The molecular formula is C30H34FN3O4. The van der Waals surface area contributed by atoms with E-state index in [0.29, 0.717) is 35.6 Å². The maximum Gasteiger partial charge on any atom is 0.244 e. The predicted molar refractivity (Wildman–Crippen MR) is 142 cm³/mol. The van der Waals surface area contributed by atoms with Crippen molar-refractivity contribution < 1.29 is 23.2 Å². The summed E-state index contributed by atoms with van der Waals surface area (Å²) in [6, 6.07) is 10.3. The van der Waals surface area contributed by atoms with Crippen molar-refractivity contribution in [3.05, 3.63) is 59.5 Å². The van der Waals surface area contributed by atoms with E-state index in [9.17, 15) is 9.18 Å². The van der Waals surface area contributed by atoms with Crippen LogP contribution in [0.3, 0.4) is 0 Å². The van der Waals surface area contributed by atoms with Gasteiger partial charge in [0.2, 0.25) is 12.7 Å². The van der Waals surface area contributed by atoms with Gasteiger partial charge in [-0.3, -0.25) is 4.79 Å². The largest absolute Gasteiger partial charge is 0.454 e. The summed E-state index contributed by atoms with van der Waals surface area (Å²) < 4.78 is 29.7. The summed E-state index contributed by atoms with van der Waals surface area (Å²) in [5, 5.41) is 8.36. The molecule has 0 unspecified atom stereocenters. The van der Waals surface area contributed by atoms with Gasteiger partial charge in [-0.25, -0.2) is 4.39 Å². The highest BCUT2D eigenvalue weighted by molar-refractivity contribution is 5.91. The van der Waals surface area contributed by atoms with Crippen LogP contribution in [0.5, 0.6) is 11.5 Å². The summed E-state index contributed by atoms with van der Waals surface area (Å²) >= 11 is 0. The van der Waals surface area contributed by atoms with Crippen LogP contribution in [0.15, 0.2) is 47.0 Å². The molecule has 0 spiro atoms. The van der Waals surface area contributed by atoms with E-state index < -0.39 is 0 Å². The van der Waals surface area contributed by atoms with E-state index in [1.807, 2.05) is 24.3 Å². The number of carbonyl (C=O) groups is 1. The third-order valence-electron chi connectivity index (χ3n) is 8.36. The molecule has 0 bridgehead atoms. The van der Waals surface area contributed by atoms with Crippen molar-refractivity contribution in [1.82, 2.24) is 15.4 Å². The van der Waals surface area contributed by atoms with Gasteiger partial charge < -0.3 is 24.2 Å². The topological polar surface area (TPSA) is 76.8 Å². The van der Waals surface area contributed by atoms with Crippen LogP contribution in [0.4, 0.5) is 4.39 Å². The number of hydrogen-bond acceptors (Lipinski definition) is 6. The molecule has 8 heteroatoms. The zero-order chi connectivity index (χ0) is 25.9. The molecule has 2 aromatic carbocycles. The van der Waals surface area contributed by atoms with Gasteiger partial charge in [0.25, 0.3) is 0 Å². The highest BCUT2D eigenvalue weighted by atomic mass is 19.1. The maximum atomic E-state index is 13.5. The molecule has 0 radical (unpaired) electrons. The first-order chi connectivity index (χ1) is 18.6. The van der Waals surface area contributed by atoms with E-state index >= 15 is 0 Å². The molecule has 2 atom stereocenters. The number of likely N-dealkylation sites (tertiary alicyclic amines) is 1. The zero-order valence-corrected chi connectivity index (χ0v) is 21.5. The van der Waals surface area contributed by atoms with Gasteiger partial charge in [0, 0.05) is 36.5 Å². The Bertz CT molecular complexity index is 1310. The number of fused-ring (bicyclic) bond motifs is 2. The second-order valence-electron chi connectivity index (χ2n) is 10.8. The molecule has 7 nitrogen and oxygen atoms in total. The number of hydrogen-bond donors (Lipinski definition) is 1. The minimum Gasteiger partial charge on any atom is -0.454 e. The molecule has 38 heavy (non-hydrogen) atoms. The average Bonchev–Trinajstić information content (AvgIpc) is 3.58. The number of nitrogens with one attached hydrogen (secondary N) is 1. The molecule has 200 valence electrons. The van der Waals surface area contributed by atoms with Gasteiger partial charge in [0.15, 0.2) is 17.1 Å². The Kier molecular flexibility index (Phi) is 7.31. The van der Waals surface area contributed by atoms with E-state index in [2.05, 4.69) is 15.4 Å². The molecule has 2 fully saturated rings. The van der Waals surface area contributed by atoms with Crippen molar-refractivity contribution >= 4 is 23.0 Å². The van der Waals surface area contributed by atoms with Crippen LogP contribution in [-0.2, 0) is 4.79 Å². The lowest BCUT2D eigenvalue weighted by molar-refractivity contribution is -0.116. The average molecular weight is 520 g/mol. The first-order valence-electron chi connectivity index (χ1n) is 13.7. The van der Waals surface area contributed by atoms with Gasteiger partial charge in [0.1, 0.15) is 5.82 Å². The Morgan fingerprint density at radius 1 is 1.03 bits per heavy atom. The molecule has 1 amide bonds. The van der Waals surface area contributed by atoms with Gasteiger partial charge in [-0.05, 0) is 86.5 Å². The number of carbonyl (C=O) groups excluding carboxylic acids is 1. The number of ether oxygens (including phenoxy) is 2. The maximum absolute atomic E-state index is 13.5. The minimum absolute atomic E-state index is 0.0625. The lowest BCUT2D eigenvalue weighted by Gasteiger charge is -2.38. The molecule has 6 rings (SSSR count). The van der Waals surface area contributed by atoms with Gasteiger partial charge in [-0.1, -0.05) is 24.1 Å². The van der Waals surface area contributed by atoms with E-state index in [-0.39, 0.29) is 18.5 Å². The highest BCUT2D eigenvalue weighted by Crippen LogP contribution is 2.36. The summed E-state index contributed by atoms with van der Waals surface area (Å²) in [5.41, 5.74) is 2.40. The first-order valence-corrected chi connectivity index (χ1v) is 13.7. The third-order valence-corrected chi connectivity index (χ3v) is 8.36. The molecule has 2 aliphatic heterocycles. The number of halogens is 1. The van der Waals surface area contributed by atoms with Crippen LogP contribution >= 0.6 is 0 Å². The van der Waals surface area contributed by atoms with Gasteiger partial charge in [-0.15, -0.1) is 0 Å². The van der Waals surface area contributed by atoms with Crippen molar-refractivity contribution in [2.75, 3.05) is 33.0 Å². The Labute approximate surface area is 221 Å². The quantitative estimate of drug-likeness (QED) is 0.415. The Morgan fingerprint density at radius 2 is 1.84 bits per heavy atom. The lowest BCUT2D eigenvalue weighted by Crippen LogP contribution is -2.42. The normalized spacial score (nSPS) is 22.3. The summed E-state index contributed by atoms with van der Waals surface area (Å²) in [6.07, 6.45) is 10.3. The third kappa shape index (κ3) is 5.55. The lowest BCUT2D eigenvalue weighted by atomic mass is 9.78. The molecule has 3 aromatic rings. The van der Waals surface area contributed by atoms with E-state index in [0.717, 1.165) is 61.3 Å². The van der Waals surface area contributed by atoms with Crippen LogP contribution in [0.2, 0.25) is 0 Å². The Morgan fingerprint density at radius 3 is 2.71 bits per heavy atom. The number of nitrogens with zero attached hydrogens (tertiary/aromatic N) is 2. The predicted octanol–water partition coefficient (Wildman–Crippen LogP) is 5.51. The number of rotatable bonds is 7. The van der Waals surface area contributed by atoms with Gasteiger partial charge in [-0.2, -0.15) is 0 Å². The second-order valence-corrected chi connectivity index (χ2v) is 10.8. The van der Waals surface area contributed by atoms with Crippen molar-refractivity contribution in [2.45, 2.75) is 44.4 Å². The van der Waals surface area contributed by atoms with Crippen LogP contribution in [0.1, 0.15) is 55.7 Å². The number of benzene rings is 2. The fourth-order valence-electron chi connectivity index (χ4n) is 6.22. The van der Waals surface area contributed by atoms with Crippen molar-refractivity contribution in [3.8, 4) is 11.5 Å². The summed E-state index contributed by atoms with van der Waals surface area (Å²) in [7, 11) is 0. The van der Waals surface area contributed by atoms with Gasteiger partial charge >= 0.3 is 0 Å². The smallest absolute Gasteiger partial charge is 0.244 e. The van der Waals surface area contributed by atoms with Crippen molar-refractivity contribution in [1.29, 1.82) is 0 Å². The van der Waals surface area contributed by atoms with Crippen molar-refractivity contribution in [3.63, 3.8) is 0 Å². The van der Waals surface area contributed by atoms with Crippen LogP contribution in [-0.4, -0.2) is 48.9 Å². The van der Waals surface area contributed by atoms with E-state index in [4.69, 9.17) is 14.0 Å². The fraction of sp³-hybridized carbons (Fsp3) is 0.467. The van der Waals surface area contributed by atoms with Gasteiger partial charge in [0.05, 0.1) is 5.69 Å². The van der Waals surface area contributed by atoms with E-state index in [1.165, 1.54) is 31.4 Å². The summed E-state index contributed by atoms with van der Waals surface area (Å²) in [4.78, 5) is 15.1. The zero-order valence-electron chi connectivity index (χ0n) is 21.5. The van der Waals surface area contributed by atoms with Crippen LogP contribution < -0.4 is 14.8 Å². The van der Waals surface area contributed by atoms with E-state index in [1.54, 1.807) is 12.1 Å². The molecule has 1 aromatic heterocycles. The monoisotopic (exact) mass is 519 g/mol. The molecular weight excluding hydrogens is 485 g/mol. The highest BCUT2D eigenvalue weighted by Gasteiger charge is 2.30. The standard InChI is InChI=1S/C30H34FN3O4/c31-24-7-8-25-27(16-24)38-33-30(25)21-11-13-34(14-12-21)18-23-4-2-1-3-22(23)17-32-29(35)10-6-20-5-9-26-28(15-20)37-19-36-26/h5-10,15-16,21-23H,1-4,11-14,17-19H2,(H,32,35)/b10-6+/t22-,23-/m0/s1. The van der Waals surface area contributed by atoms with Crippen molar-refractivity contribution in [2.24, 2.45) is 11.8 Å². The molecule has 1 N–H and O–H groups in total. The summed E-state index contributed by atoms with van der Waals surface area (Å²) in [6.45, 7) is 4.07. The number of amides is 1. The molecule has 3 heterocycles. The number of piperidine rings is 1. The Hall–Kier alpha value is -3.39. The van der Waals surface area contributed by atoms with Crippen LogP contribution in [0, 0.1) is 17.7 Å².